The number of rotatable bonds is 5. The van der Waals surface area contributed by atoms with E-state index in [9.17, 15) is 0 Å². The second kappa shape index (κ2) is 7.07. The van der Waals surface area contributed by atoms with Gasteiger partial charge in [-0.3, -0.25) is 4.98 Å². The van der Waals surface area contributed by atoms with Crippen LogP contribution in [-0.2, 0) is 6.54 Å². The second-order valence-corrected chi connectivity index (χ2v) is 5.99. The van der Waals surface area contributed by atoms with Gasteiger partial charge in [-0.05, 0) is 32.6 Å². The van der Waals surface area contributed by atoms with Crippen molar-refractivity contribution in [2.24, 2.45) is 5.92 Å². The Morgan fingerprint density at radius 2 is 2.05 bits per heavy atom. The van der Waals surface area contributed by atoms with Crippen molar-refractivity contribution in [3.8, 4) is 5.75 Å². The summed E-state index contributed by atoms with van der Waals surface area (Å²) in [4.78, 5) is 4.58. The average Bonchev–Trinajstić information content (AvgIpc) is 2.47. The maximum atomic E-state index is 5.48. The Labute approximate surface area is 123 Å². The molecule has 1 aliphatic carbocycles. The number of aromatic nitrogens is 1. The highest BCUT2D eigenvalue weighted by molar-refractivity contribution is 5.41. The fourth-order valence-electron chi connectivity index (χ4n) is 3.44. The highest BCUT2D eigenvalue weighted by Gasteiger charge is 2.23. The molecule has 20 heavy (non-hydrogen) atoms. The first kappa shape index (κ1) is 15.3. The molecule has 0 spiro atoms. The molecule has 2 unspecified atom stereocenters. The Morgan fingerprint density at radius 3 is 2.75 bits per heavy atom. The van der Waals surface area contributed by atoms with Crippen LogP contribution in [0.4, 0.5) is 0 Å². The molecule has 0 aromatic carbocycles. The molecule has 1 N–H and O–H groups in total. The van der Waals surface area contributed by atoms with E-state index < -0.39 is 0 Å². The third-order valence-electron chi connectivity index (χ3n) is 4.71. The van der Waals surface area contributed by atoms with Crippen molar-refractivity contribution >= 4 is 0 Å². The van der Waals surface area contributed by atoms with Gasteiger partial charge in [-0.1, -0.05) is 26.2 Å². The lowest BCUT2D eigenvalue weighted by atomic mass is 9.83. The predicted octanol–water partition coefficient (Wildman–Crippen LogP) is 3.77. The topological polar surface area (TPSA) is 34.2 Å². The van der Waals surface area contributed by atoms with Crippen molar-refractivity contribution in [2.75, 3.05) is 7.11 Å². The average molecular weight is 276 g/mol. The molecule has 3 heteroatoms. The van der Waals surface area contributed by atoms with E-state index in [1.54, 1.807) is 7.11 Å². The minimum atomic E-state index is 0.655. The van der Waals surface area contributed by atoms with Crippen molar-refractivity contribution in [3.05, 3.63) is 23.0 Å². The number of nitrogens with one attached hydrogen (secondary N) is 1. The zero-order valence-electron chi connectivity index (χ0n) is 13.3. The van der Waals surface area contributed by atoms with Crippen molar-refractivity contribution in [1.82, 2.24) is 10.3 Å². The number of hydrogen-bond donors (Lipinski definition) is 1. The summed E-state index contributed by atoms with van der Waals surface area (Å²) in [6, 6.07) is 0.655. The standard InChI is InChI=1S/C17H28N2O/c1-5-14-8-6-7-9-15(14)19-11-16-13(3)17(20-4)12(2)10-18-16/h10,14-15,19H,5-9,11H2,1-4H3. The molecule has 1 aromatic heterocycles. The second-order valence-electron chi connectivity index (χ2n) is 5.99. The lowest BCUT2D eigenvalue weighted by Gasteiger charge is -2.31. The lowest BCUT2D eigenvalue weighted by molar-refractivity contribution is 0.253. The highest BCUT2D eigenvalue weighted by Crippen LogP contribution is 2.28. The van der Waals surface area contributed by atoms with Crippen LogP contribution in [0.2, 0.25) is 0 Å². The van der Waals surface area contributed by atoms with Crippen LogP contribution in [0.1, 0.15) is 55.8 Å². The van der Waals surface area contributed by atoms with Gasteiger partial charge in [0, 0.05) is 29.9 Å². The van der Waals surface area contributed by atoms with Crippen LogP contribution in [0.5, 0.6) is 5.75 Å². The maximum Gasteiger partial charge on any atom is 0.128 e. The summed E-state index contributed by atoms with van der Waals surface area (Å²) in [6.07, 6.45) is 8.63. The van der Waals surface area contributed by atoms with Gasteiger partial charge < -0.3 is 10.1 Å². The van der Waals surface area contributed by atoms with E-state index in [0.29, 0.717) is 6.04 Å². The molecule has 1 aromatic rings. The van der Waals surface area contributed by atoms with Gasteiger partial charge >= 0.3 is 0 Å². The molecule has 0 aliphatic heterocycles. The van der Waals surface area contributed by atoms with E-state index in [4.69, 9.17) is 4.74 Å². The number of hydrogen-bond acceptors (Lipinski definition) is 3. The summed E-state index contributed by atoms with van der Waals surface area (Å²) in [5, 5.41) is 3.73. The number of pyridine rings is 1. The summed E-state index contributed by atoms with van der Waals surface area (Å²) in [6.45, 7) is 7.31. The molecule has 0 radical (unpaired) electrons. The van der Waals surface area contributed by atoms with E-state index in [1.807, 2.05) is 13.1 Å². The first-order valence-electron chi connectivity index (χ1n) is 7.89. The number of nitrogens with zero attached hydrogens (tertiary/aromatic N) is 1. The van der Waals surface area contributed by atoms with Gasteiger partial charge in [-0.15, -0.1) is 0 Å². The van der Waals surface area contributed by atoms with Crippen LogP contribution < -0.4 is 10.1 Å². The quantitative estimate of drug-likeness (QED) is 0.889. The van der Waals surface area contributed by atoms with Gasteiger partial charge in [0.1, 0.15) is 5.75 Å². The monoisotopic (exact) mass is 276 g/mol. The molecule has 1 aliphatic rings. The molecule has 1 heterocycles. The SMILES string of the molecule is CCC1CCCCC1NCc1ncc(C)c(OC)c1C. The molecule has 3 nitrogen and oxygen atoms in total. The van der Waals surface area contributed by atoms with Crippen LogP contribution in [0.15, 0.2) is 6.20 Å². The van der Waals surface area contributed by atoms with E-state index in [1.165, 1.54) is 37.7 Å². The van der Waals surface area contributed by atoms with E-state index in [2.05, 4.69) is 24.1 Å². The Balaban J connectivity index is 2.03. The smallest absolute Gasteiger partial charge is 0.128 e. The maximum absolute atomic E-state index is 5.48. The number of aryl methyl sites for hydroxylation is 1. The zero-order chi connectivity index (χ0) is 14.5. The van der Waals surface area contributed by atoms with Gasteiger partial charge in [0.15, 0.2) is 0 Å². The Kier molecular flexibility index (Phi) is 5.41. The van der Waals surface area contributed by atoms with Crippen LogP contribution in [-0.4, -0.2) is 18.1 Å². The highest BCUT2D eigenvalue weighted by atomic mass is 16.5. The van der Waals surface area contributed by atoms with Gasteiger partial charge in [0.2, 0.25) is 0 Å². The molecule has 1 fully saturated rings. The lowest BCUT2D eigenvalue weighted by Crippen LogP contribution is -2.38. The summed E-state index contributed by atoms with van der Waals surface area (Å²) in [7, 11) is 1.74. The van der Waals surface area contributed by atoms with Crippen molar-refractivity contribution in [2.45, 2.75) is 65.5 Å². The molecule has 0 bridgehead atoms. The van der Waals surface area contributed by atoms with Crippen molar-refractivity contribution in [3.63, 3.8) is 0 Å². The van der Waals surface area contributed by atoms with Crippen LogP contribution >= 0.6 is 0 Å². The molecule has 0 amide bonds. The van der Waals surface area contributed by atoms with Crippen LogP contribution in [0, 0.1) is 19.8 Å². The Morgan fingerprint density at radius 1 is 1.30 bits per heavy atom. The van der Waals surface area contributed by atoms with Crippen molar-refractivity contribution < 1.29 is 4.74 Å². The first-order chi connectivity index (χ1) is 9.67. The van der Waals surface area contributed by atoms with E-state index >= 15 is 0 Å². The fraction of sp³-hybridized carbons (Fsp3) is 0.706. The summed E-state index contributed by atoms with van der Waals surface area (Å²) in [5.74, 6) is 1.81. The third-order valence-corrected chi connectivity index (χ3v) is 4.71. The summed E-state index contributed by atoms with van der Waals surface area (Å²) in [5.41, 5.74) is 3.40. The summed E-state index contributed by atoms with van der Waals surface area (Å²) < 4.78 is 5.48. The molecule has 2 atom stereocenters. The number of ether oxygens (including phenoxy) is 1. The van der Waals surface area contributed by atoms with Gasteiger partial charge in [-0.2, -0.15) is 0 Å². The van der Waals surface area contributed by atoms with E-state index in [0.717, 1.165) is 29.5 Å². The largest absolute Gasteiger partial charge is 0.496 e. The van der Waals surface area contributed by atoms with Gasteiger partial charge in [0.25, 0.3) is 0 Å². The minimum Gasteiger partial charge on any atom is -0.496 e. The summed E-state index contributed by atoms with van der Waals surface area (Å²) >= 11 is 0. The van der Waals surface area contributed by atoms with Crippen LogP contribution in [0.3, 0.4) is 0 Å². The molecule has 2 rings (SSSR count). The van der Waals surface area contributed by atoms with E-state index in [-0.39, 0.29) is 0 Å². The fourth-order valence-corrected chi connectivity index (χ4v) is 3.44. The van der Waals surface area contributed by atoms with Gasteiger partial charge in [-0.25, -0.2) is 0 Å². The zero-order valence-corrected chi connectivity index (χ0v) is 13.3. The van der Waals surface area contributed by atoms with Gasteiger partial charge in [0.05, 0.1) is 12.8 Å². The van der Waals surface area contributed by atoms with Crippen molar-refractivity contribution in [1.29, 1.82) is 0 Å². The Bertz CT molecular complexity index is 445. The third kappa shape index (κ3) is 3.32. The normalized spacial score (nSPS) is 22.8. The Hall–Kier alpha value is -1.09. The molecule has 0 saturated heterocycles. The molecular weight excluding hydrogens is 248 g/mol. The minimum absolute atomic E-state index is 0.655. The number of methoxy groups -OCH3 is 1. The molecular formula is C17H28N2O. The first-order valence-corrected chi connectivity index (χ1v) is 7.89. The van der Waals surface area contributed by atoms with Crippen LogP contribution in [0.25, 0.3) is 0 Å². The molecule has 112 valence electrons. The predicted molar refractivity (Wildman–Crippen MR) is 83.1 cm³/mol. The molecule has 1 saturated carbocycles.